The van der Waals surface area contributed by atoms with Gasteiger partial charge in [-0.25, -0.2) is 0 Å². The summed E-state index contributed by atoms with van der Waals surface area (Å²) < 4.78 is 0. The van der Waals surface area contributed by atoms with Crippen molar-refractivity contribution < 1.29 is 9.90 Å². The zero-order valence-corrected chi connectivity index (χ0v) is 11.1. The second kappa shape index (κ2) is 4.97. The monoisotopic (exact) mass is 239 g/mol. The SMILES string of the molecule is CC1CCN(C2CCC(C)(C(=O)O)CC2)CC1. The van der Waals surface area contributed by atoms with Crippen LogP contribution in [0, 0.1) is 11.3 Å². The van der Waals surface area contributed by atoms with E-state index in [1.165, 1.54) is 25.9 Å². The first kappa shape index (κ1) is 12.9. The lowest BCUT2D eigenvalue weighted by Crippen LogP contribution is -2.45. The van der Waals surface area contributed by atoms with Crippen molar-refractivity contribution in [2.24, 2.45) is 11.3 Å². The molecule has 1 aliphatic carbocycles. The Morgan fingerprint density at radius 2 is 1.71 bits per heavy atom. The first-order valence-corrected chi connectivity index (χ1v) is 6.99. The van der Waals surface area contributed by atoms with Gasteiger partial charge in [-0.05, 0) is 64.5 Å². The van der Waals surface area contributed by atoms with Crippen LogP contribution in [0.5, 0.6) is 0 Å². The van der Waals surface area contributed by atoms with E-state index in [0.717, 1.165) is 31.6 Å². The molecule has 2 aliphatic rings. The van der Waals surface area contributed by atoms with E-state index >= 15 is 0 Å². The molecule has 1 N–H and O–H groups in total. The third-order valence-electron chi connectivity index (χ3n) is 4.91. The van der Waals surface area contributed by atoms with Crippen molar-refractivity contribution in [3.63, 3.8) is 0 Å². The summed E-state index contributed by atoms with van der Waals surface area (Å²) in [6, 6.07) is 0.648. The third-order valence-corrected chi connectivity index (χ3v) is 4.91. The summed E-state index contributed by atoms with van der Waals surface area (Å²) in [4.78, 5) is 13.8. The first-order chi connectivity index (χ1) is 8.01. The molecule has 2 fully saturated rings. The highest BCUT2D eigenvalue weighted by molar-refractivity contribution is 5.74. The molecule has 0 aromatic heterocycles. The molecule has 0 aromatic rings. The van der Waals surface area contributed by atoms with Crippen molar-refractivity contribution in [1.82, 2.24) is 4.90 Å². The normalized spacial score (nSPS) is 36.9. The van der Waals surface area contributed by atoms with Crippen molar-refractivity contribution in [1.29, 1.82) is 0 Å². The Bertz CT molecular complexity index is 274. The van der Waals surface area contributed by atoms with Gasteiger partial charge in [0.2, 0.25) is 0 Å². The van der Waals surface area contributed by atoms with E-state index in [1.807, 2.05) is 6.92 Å². The van der Waals surface area contributed by atoms with Gasteiger partial charge >= 0.3 is 5.97 Å². The minimum absolute atomic E-state index is 0.459. The Morgan fingerprint density at radius 1 is 1.18 bits per heavy atom. The predicted molar refractivity (Wildman–Crippen MR) is 68.0 cm³/mol. The minimum atomic E-state index is -0.608. The van der Waals surface area contributed by atoms with Crippen molar-refractivity contribution >= 4 is 5.97 Å². The number of likely N-dealkylation sites (tertiary alicyclic amines) is 1. The largest absolute Gasteiger partial charge is 0.481 e. The van der Waals surface area contributed by atoms with Crippen LogP contribution in [0.4, 0.5) is 0 Å². The maximum Gasteiger partial charge on any atom is 0.309 e. The average molecular weight is 239 g/mol. The molecule has 0 atom stereocenters. The van der Waals surface area contributed by atoms with Crippen molar-refractivity contribution in [3.8, 4) is 0 Å². The number of carbonyl (C=O) groups is 1. The van der Waals surface area contributed by atoms with Crippen molar-refractivity contribution in [3.05, 3.63) is 0 Å². The summed E-state index contributed by atoms with van der Waals surface area (Å²) >= 11 is 0. The molecule has 17 heavy (non-hydrogen) atoms. The molecular weight excluding hydrogens is 214 g/mol. The predicted octanol–water partition coefficient (Wildman–Crippen LogP) is 2.75. The van der Waals surface area contributed by atoms with Crippen LogP contribution in [-0.4, -0.2) is 35.1 Å². The highest BCUT2D eigenvalue weighted by Crippen LogP contribution is 2.38. The van der Waals surface area contributed by atoms with E-state index in [-0.39, 0.29) is 0 Å². The standard InChI is InChI=1S/C14H25NO2/c1-11-5-9-15(10-6-11)12-3-7-14(2,8-4-12)13(16)17/h11-12H,3-10H2,1-2H3,(H,16,17). The van der Waals surface area contributed by atoms with E-state index < -0.39 is 11.4 Å². The molecule has 3 nitrogen and oxygen atoms in total. The minimum Gasteiger partial charge on any atom is -0.481 e. The maximum atomic E-state index is 11.2. The summed E-state index contributed by atoms with van der Waals surface area (Å²) in [5, 5.41) is 9.22. The van der Waals surface area contributed by atoms with Crippen LogP contribution in [-0.2, 0) is 4.79 Å². The molecule has 3 heteroatoms. The summed E-state index contributed by atoms with van der Waals surface area (Å²) in [6.45, 7) is 6.68. The van der Waals surface area contributed by atoms with Crippen molar-refractivity contribution in [2.45, 2.75) is 58.4 Å². The van der Waals surface area contributed by atoms with Crippen LogP contribution in [0.2, 0.25) is 0 Å². The van der Waals surface area contributed by atoms with E-state index in [9.17, 15) is 9.90 Å². The van der Waals surface area contributed by atoms with Crippen LogP contribution in [0.15, 0.2) is 0 Å². The second-order valence-electron chi connectivity index (χ2n) is 6.32. The number of rotatable bonds is 2. The van der Waals surface area contributed by atoms with E-state index in [4.69, 9.17) is 0 Å². The lowest BCUT2D eigenvalue weighted by atomic mass is 9.73. The molecule has 0 radical (unpaired) electrons. The molecule has 0 unspecified atom stereocenters. The summed E-state index contributed by atoms with van der Waals surface area (Å²) in [5.41, 5.74) is -0.459. The quantitative estimate of drug-likeness (QED) is 0.805. The fraction of sp³-hybridized carbons (Fsp3) is 0.929. The van der Waals surface area contributed by atoms with E-state index in [0.29, 0.717) is 6.04 Å². The van der Waals surface area contributed by atoms with Gasteiger partial charge in [0.25, 0.3) is 0 Å². The van der Waals surface area contributed by atoms with Gasteiger partial charge in [-0.2, -0.15) is 0 Å². The van der Waals surface area contributed by atoms with Gasteiger partial charge in [-0.3, -0.25) is 4.79 Å². The number of aliphatic carboxylic acids is 1. The molecule has 0 aromatic carbocycles. The number of carboxylic acid groups (broad SMARTS) is 1. The fourth-order valence-corrected chi connectivity index (χ4v) is 3.21. The molecule has 1 aliphatic heterocycles. The molecule has 1 saturated heterocycles. The molecule has 98 valence electrons. The van der Waals surface area contributed by atoms with Crippen LogP contribution in [0.3, 0.4) is 0 Å². The molecule has 0 amide bonds. The van der Waals surface area contributed by atoms with Gasteiger partial charge in [0.1, 0.15) is 0 Å². The van der Waals surface area contributed by atoms with Crippen LogP contribution in [0.25, 0.3) is 0 Å². The average Bonchev–Trinajstić information content (AvgIpc) is 2.31. The van der Waals surface area contributed by atoms with Gasteiger partial charge in [0.15, 0.2) is 0 Å². The molecule has 1 heterocycles. The van der Waals surface area contributed by atoms with Crippen LogP contribution in [0.1, 0.15) is 52.4 Å². The van der Waals surface area contributed by atoms with Gasteiger partial charge in [0, 0.05) is 6.04 Å². The van der Waals surface area contributed by atoms with Gasteiger partial charge in [0.05, 0.1) is 5.41 Å². The Hall–Kier alpha value is -0.570. The second-order valence-corrected chi connectivity index (χ2v) is 6.32. The Balaban J connectivity index is 1.85. The Labute approximate surface area is 104 Å². The van der Waals surface area contributed by atoms with Gasteiger partial charge in [-0.1, -0.05) is 6.92 Å². The molecular formula is C14H25NO2. The fourth-order valence-electron chi connectivity index (χ4n) is 3.21. The van der Waals surface area contributed by atoms with E-state index in [1.54, 1.807) is 0 Å². The highest BCUT2D eigenvalue weighted by Gasteiger charge is 2.39. The lowest BCUT2D eigenvalue weighted by molar-refractivity contribution is -0.150. The lowest BCUT2D eigenvalue weighted by Gasteiger charge is -2.42. The van der Waals surface area contributed by atoms with Crippen LogP contribution < -0.4 is 0 Å². The molecule has 0 spiro atoms. The molecule has 2 rings (SSSR count). The van der Waals surface area contributed by atoms with Crippen LogP contribution >= 0.6 is 0 Å². The summed E-state index contributed by atoms with van der Waals surface area (Å²) in [6.07, 6.45) is 6.45. The van der Waals surface area contributed by atoms with Gasteiger partial charge < -0.3 is 10.0 Å². The number of piperidine rings is 1. The molecule has 0 bridgehead atoms. The summed E-state index contributed by atoms with van der Waals surface area (Å²) in [5.74, 6) is 0.266. The topological polar surface area (TPSA) is 40.5 Å². The Kier molecular flexibility index (Phi) is 3.76. The number of nitrogens with zero attached hydrogens (tertiary/aromatic N) is 1. The Morgan fingerprint density at radius 3 is 2.18 bits per heavy atom. The van der Waals surface area contributed by atoms with E-state index in [2.05, 4.69) is 11.8 Å². The van der Waals surface area contributed by atoms with Gasteiger partial charge in [-0.15, -0.1) is 0 Å². The zero-order chi connectivity index (χ0) is 12.5. The maximum absolute atomic E-state index is 11.2. The number of carboxylic acids is 1. The summed E-state index contributed by atoms with van der Waals surface area (Å²) in [7, 11) is 0. The zero-order valence-electron chi connectivity index (χ0n) is 11.1. The highest BCUT2D eigenvalue weighted by atomic mass is 16.4. The van der Waals surface area contributed by atoms with Crippen molar-refractivity contribution in [2.75, 3.05) is 13.1 Å². The third kappa shape index (κ3) is 2.82. The number of hydrogen-bond acceptors (Lipinski definition) is 2. The number of hydrogen-bond donors (Lipinski definition) is 1. The first-order valence-electron chi connectivity index (χ1n) is 6.99. The molecule has 1 saturated carbocycles. The smallest absolute Gasteiger partial charge is 0.309 e.